The maximum absolute atomic E-state index is 12.9. The smallest absolute Gasteiger partial charge is 0.420 e. The standard InChI is InChI=1S/C11H11F3O4/c1-3-18-9-7(17-2)5-4-6(10(15)16)8(9)11(12,13)14/h4-5H,3H2,1-2H3,(H,15,16). The molecule has 0 aliphatic carbocycles. The summed E-state index contributed by atoms with van der Waals surface area (Å²) in [5, 5.41) is 8.79. The van der Waals surface area contributed by atoms with Crippen LogP contribution >= 0.6 is 0 Å². The number of alkyl halides is 3. The highest BCUT2D eigenvalue weighted by Gasteiger charge is 2.40. The lowest BCUT2D eigenvalue weighted by Crippen LogP contribution is -2.16. The number of carboxylic acids is 1. The van der Waals surface area contributed by atoms with E-state index in [2.05, 4.69) is 0 Å². The first-order valence-electron chi connectivity index (χ1n) is 4.97. The number of benzene rings is 1. The largest absolute Gasteiger partial charge is 0.493 e. The Bertz CT molecular complexity index is 454. The lowest BCUT2D eigenvalue weighted by Gasteiger charge is -2.18. The van der Waals surface area contributed by atoms with Gasteiger partial charge in [0.2, 0.25) is 0 Å². The van der Waals surface area contributed by atoms with Gasteiger partial charge in [-0.25, -0.2) is 4.79 Å². The molecule has 0 atom stereocenters. The van der Waals surface area contributed by atoms with E-state index in [9.17, 15) is 18.0 Å². The van der Waals surface area contributed by atoms with E-state index in [1.54, 1.807) is 0 Å². The van der Waals surface area contributed by atoms with E-state index in [0.29, 0.717) is 0 Å². The number of ether oxygens (including phenoxy) is 2. The molecule has 0 unspecified atom stereocenters. The zero-order chi connectivity index (χ0) is 13.9. The molecular weight excluding hydrogens is 253 g/mol. The Labute approximate surface area is 101 Å². The third-order valence-corrected chi connectivity index (χ3v) is 2.14. The van der Waals surface area contributed by atoms with E-state index in [4.69, 9.17) is 14.6 Å². The van der Waals surface area contributed by atoms with Crippen molar-refractivity contribution in [3.63, 3.8) is 0 Å². The van der Waals surface area contributed by atoms with Crippen LogP contribution in [-0.2, 0) is 6.18 Å². The molecule has 1 aromatic carbocycles. The van der Waals surface area contributed by atoms with Gasteiger partial charge in [-0.05, 0) is 19.1 Å². The lowest BCUT2D eigenvalue weighted by molar-refractivity contribution is -0.139. The molecule has 0 radical (unpaired) electrons. The number of halogens is 3. The maximum atomic E-state index is 12.9. The Hall–Kier alpha value is -1.92. The average molecular weight is 264 g/mol. The van der Waals surface area contributed by atoms with Crippen LogP contribution in [0.1, 0.15) is 22.8 Å². The molecule has 0 amide bonds. The van der Waals surface area contributed by atoms with Crippen LogP contribution < -0.4 is 9.47 Å². The fourth-order valence-corrected chi connectivity index (χ4v) is 1.47. The van der Waals surface area contributed by atoms with Crippen LogP contribution in [0.3, 0.4) is 0 Å². The van der Waals surface area contributed by atoms with Crippen molar-refractivity contribution in [1.82, 2.24) is 0 Å². The Morgan fingerprint density at radius 3 is 2.39 bits per heavy atom. The number of carbonyl (C=O) groups is 1. The molecular formula is C11H11F3O4. The summed E-state index contributed by atoms with van der Waals surface area (Å²) in [6.07, 6.45) is -4.84. The van der Waals surface area contributed by atoms with Gasteiger partial charge in [0.15, 0.2) is 11.5 Å². The monoisotopic (exact) mass is 264 g/mol. The summed E-state index contributed by atoms with van der Waals surface area (Å²) in [4.78, 5) is 10.8. The zero-order valence-corrected chi connectivity index (χ0v) is 9.67. The molecule has 100 valence electrons. The number of rotatable bonds is 4. The second-order valence-electron chi connectivity index (χ2n) is 3.26. The highest BCUT2D eigenvalue weighted by Crippen LogP contribution is 2.43. The van der Waals surface area contributed by atoms with Crippen LogP contribution in [0.2, 0.25) is 0 Å². The predicted octanol–water partition coefficient (Wildman–Crippen LogP) is 2.81. The quantitative estimate of drug-likeness (QED) is 0.908. The first-order valence-corrected chi connectivity index (χ1v) is 4.97. The predicted molar refractivity (Wildman–Crippen MR) is 56.1 cm³/mol. The number of aromatic carboxylic acids is 1. The van der Waals surface area contributed by atoms with E-state index >= 15 is 0 Å². The molecule has 0 bridgehead atoms. The lowest BCUT2D eigenvalue weighted by atomic mass is 10.1. The van der Waals surface area contributed by atoms with Gasteiger partial charge in [-0.3, -0.25) is 0 Å². The molecule has 1 N–H and O–H groups in total. The first-order chi connectivity index (χ1) is 8.32. The van der Waals surface area contributed by atoms with E-state index in [1.165, 1.54) is 14.0 Å². The fourth-order valence-electron chi connectivity index (χ4n) is 1.47. The topological polar surface area (TPSA) is 55.8 Å². The maximum Gasteiger partial charge on any atom is 0.420 e. The number of hydrogen-bond acceptors (Lipinski definition) is 3. The Morgan fingerprint density at radius 2 is 2.00 bits per heavy atom. The van der Waals surface area contributed by atoms with Gasteiger partial charge in [0.25, 0.3) is 0 Å². The van der Waals surface area contributed by atoms with Crippen LogP contribution in [0.5, 0.6) is 11.5 Å². The van der Waals surface area contributed by atoms with E-state index < -0.39 is 29.0 Å². The van der Waals surface area contributed by atoms with Crippen molar-refractivity contribution < 1.29 is 32.5 Å². The van der Waals surface area contributed by atoms with Crippen molar-refractivity contribution in [2.75, 3.05) is 13.7 Å². The minimum atomic E-state index is -4.84. The third kappa shape index (κ3) is 2.66. The summed E-state index contributed by atoms with van der Waals surface area (Å²) in [6.45, 7) is 1.45. The Morgan fingerprint density at radius 1 is 1.39 bits per heavy atom. The van der Waals surface area contributed by atoms with Gasteiger partial charge in [-0.15, -0.1) is 0 Å². The number of methoxy groups -OCH3 is 1. The first kappa shape index (κ1) is 14.1. The van der Waals surface area contributed by atoms with Gasteiger partial charge < -0.3 is 14.6 Å². The highest BCUT2D eigenvalue weighted by molar-refractivity contribution is 5.91. The van der Waals surface area contributed by atoms with Crippen LogP contribution in [-0.4, -0.2) is 24.8 Å². The normalized spacial score (nSPS) is 11.2. The SMILES string of the molecule is CCOc1c(OC)ccc(C(=O)O)c1C(F)(F)F. The molecule has 0 saturated carbocycles. The highest BCUT2D eigenvalue weighted by atomic mass is 19.4. The van der Waals surface area contributed by atoms with Crippen molar-refractivity contribution in [1.29, 1.82) is 0 Å². The van der Waals surface area contributed by atoms with Gasteiger partial charge >= 0.3 is 12.1 Å². The van der Waals surface area contributed by atoms with Gasteiger partial charge in [0.05, 0.1) is 19.3 Å². The molecule has 0 heterocycles. The second-order valence-corrected chi connectivity index (χ2v) is 3.26. The minimum absolute atomic E-state index is 0.0392. The molecule has 1 aromatic rings. The molecule has 0 spiro atoms. The molecule has 4 nitrogen and oxygen atoms in total. The minimum Gasteiger partial charge on any atom is -0.493 e. The molecule has 7 heteroatoms. The van der Waals surface area contributed by atoms with Crippen molar-refractivity contribution in [3.8, 4) is 11.5 Å². The second kappa shape index (κ2) is 5.16. The number of carboxylic acid groups (broad SMARTS) is 1. The van der Waals surface area contributed by atoms with Crippen molar-refractivity contribution in [3.05, 3.63) is 23.3 Å². The molecule has 18 heavy (non-hydrogen) atoms. The number of hydrogen-bond donors (Lipinski definition) is 1. The van der Waals surface area contributed by atoms with Crippen molar-refractivity contribution in [2.24, 2.45) is 0 Å². The molecule has 1 rings (SSSR count). The molecule has 0 aromatic heterocycles. The summed E-state index contributed by atoms with van der Waals surface area (Å²) >= 11 is 0. The molecule has 0 aliphatic heterocycles. The van der Waals surface area contributed by atoms with Gasteiger partial charge in [0.1, 0.15) is 5.56 Å². The summed E-state index contributed by atoms with van der Waals surface area (Å²) in [6, 6.07) is 1.97. The zero-order valence-electron chi connectivity index (χ0n) is 9.67. The molecule has 0 fully saturated rings. The van der Waals surface area contributed by atoms with Crippen LogP contribution in [0, 0.1) is 0 Å². The summed E-state index contributed by atoms with van der Waals surface area (Å²) < 4.78 is 48.3. The summed E-state index contributed by atoms with van der Waals surface area (Å²) in [5.74, 6) is -2.44. The van der Waals surface area contributed by atoms with Crippen molar-refractivity contribution >= 4 is 5.97 Å². The van der Waals surface area contributed by atoms with Crippen LogP contribution in [0.25, 0.3) is 0 Å². The Kier molecular flexibility index (Phi) is 4.05. The van der Waals surface area contributed by atoms with Gasteiger partial charge in [-0.1, -0.05) is 0 Å². The molecule has 0 saturated heterocycles. The fraction of sp³-hybridized carbons (Fsp3) is 0.364. The average Bonchev–Trinajstić information content (AvgIpc) is 2.27. The van der Waals surface area contributed by atoms with Crippen LogP contribution in [0.4, 0.5) is 13.2 Å². The van der Waals surface area contributed by atoms with E-state index in [-0.39, 0.29) is 12.4 Å². The molecule has 0 aliphatic rings. The van der Waals surface area contributed by atoms with Gasteiger partial charge in [0, 0.05) is 0 Å². The third-order valence-electron chi connectivity index (χ3n) is 2.14. The van der Waals surface area contributed by atoms with E-state index in [0.717, 1.165) is 12.1 Å². The summed E-state index contributed by atoms with van der Waals surface area (Å²) in [5.41, 5.74) is -2.21. The van der Waals surface area contributed by atoms with E-state index in [1.807, 2.05) is 0 Å². The summed E-state index contributed by atoms with van der Waals surface area (Å²) in [7, 11) is 1.18. The van der Waals surface area contributed by atoms with Crippen LogP contribution in [0.15, 0.2) is 12.1 Å². The van der Waals surface area contributed by atoms with Gasteiger partial charge in [-0.2, -0.15) is 13.2 Å². The van der Waals surface area contributed by atoms with Crippen molar-refractivity contribution in [2.45, 2.75) is 13.1 Å². The Balaban J connectivity index is 3.59.